The number of hydrogen-bond acceptors (Lipinski definition) is 4. The van der Waals surface area contributed by atoms with Crippen molar-refractivity contribution in [2.75, 3.05) is 9.80 Å². The Labute approximate surface area is 302 Å². The monoisotopic (exact) mass is 670 g/mol. The van der Waals surface area contributed by atoms with Crippen molar-refractivity contribution in [2.24, 2.45) is 0 Å². The molecule has 0 fully saturated rings. The van der Waals surface area contributed by atoms with Gasteiger partial charge in [-0.3, -0.25) is 0 Å². The first kappa shape index (κ1) is 29.5. The summed E-state index contributed by atoms with van der Waals surface area (Å²) < 4.78 is 13.3. The highest BCUT2D eigenvalue weighted by atomic mass is 16.3. The zero-order valence-electron chi connectivity index (χ0n) is 29.8. The minimum Gasteiger partial charge on any atom is -0.456 e. The molecule has 7 aromatic carbocycles. The molecule has 11 rings (SSSR count). The number of hydrogen-bond donors (Lipinski definition) is 0. The molecular formula is C47H35BN2O2. The molecule has 4 nitrogen and oxygen atoms in total. The molecule has 4 heterocycles. The van der Waals surface area contributed by atoms with E-state index >= 15 is 0 Å². The Morgan fingerprint density at radius 1 is 0.365 bits per heavy atom. The molecule has 0 N–H and O–H groups in total. The van der Waals surface area contributed by atoms with E-state index in [1.165, 1.54) is 67.0 Å². The van der Waals surface area contributed by atoms with Crippen LogP contribution >= 0.6 is 0 Å². The Hall–Kier alpha value is -6.20. The van der Waals surface area contributed by atoms with E-state index in [4.69, 9.17) is 8.83 Å². The summed E-state index contributed by atoms with van der Waals surface area (Å²) in [7, 11) is 0. The van der Waals surface area contributed by atoms with Crippen LogP contribution in [-0.2, 0) is 0 Å². The number of aryl methyl sites for hydroxylation is 5. The van der Waals surface area contributed by atoms with E-state index in [9.17, 15) is 0 Å². The summed E-state index contributed by atoms with van der Waals surface area (Å²) in [4.78, 5) is 4.96. The largest absolute Gasteiger partial charge is 0.456 e. The predicted octanol–water partition coefficient (Wildman–Crippen LogP) is 11.1. The SMILES string of the molecule is Cc1ccc(N2c3cc4c(cc3B3c5cc6oc7ccc(C)cc7c6cc5N(c5ccc(C)cc5)c5cc(C)cc2c53)oc2ccc(C)cc24)cc1. The molecule has 0 unspecified atom stereocenters. The van der Waals surface area contributed by atoms with E-state index in [0.717, 1.165) is 55.3 Å². The fraction of sp³-hybridized carbons (Fsp3) is 0.106. The van der Waals surface area contributed by atoms with Crippen molar-refractivity contribution in [1.29, 1.82) is 0 Å². The van der Waals surface area contributed by atoms with Crippen molar-refractivity contribution in [3.8, 4) is 0 Å². The third-order valence-corrected chi connectivity index (χ3v) is 11.3. The second-order valence-electron chi connectivity index (χ2n) is 15.0. The highest BCUT2D eigenvalue weighted by Gasteiger charge is 2.44. The lowest BCUT2D eigenvalue weighted by Crippen LogP contribution is -2.61. The van der Waals surface area contributed by atoms with Crippen molar-refractivity contribution in [3.63, 3.8) is 0 Å². The fourth-order valence-corrected chi connectivity index (χ4v) is 8.84. The van der Waals surface area contributed by atoms with E-state index in [0.29, 0.717) is 0 Å². The van der Waals surface area contributed by atoms with Crippen LogP contribution in [0.15, 0.2) is 130 Å². The number of furan rings is 2. The summed E-state index contributed by atoms with van der Waals surface area (Å²) in [5.74, 6) is 0. The van der Waals surface area contributed by atoms with Gasteiger partial charge in [-0.05, 0) is 141 Å². The van der Waals surface area contributed by atoms with Gasteiger partial charge in [0.1, 0.15) is 22.3 Å². The number of nitrogens with zero attached hydrogens (tertiary/aromatic N) is 2. The third-order valence-electron chi connectivity index (χ3n) is 11.3. The molecule has 0 radical (unpaired) electrons. The van der Waals surface area contributed by atoms with Crippen LogP contribution in [0.2, 0.25) is 0 Å². The standard InChI is InChI=1S/C47H35BN2O2/c1-26-6-12-31(13-7-26)49-39-22-35-33-18-28(3)10-16-43(33)51-45(35)24-37(39)48-38-25-46-36(34-19-29(4)11-17-44(34)52-46)23-40(38)50(32-14-8-27(2)9-15-32)42-21-30(5)20-41(49)47(42)48/h6-25H,1-5H3. The van der Waals surface area contributed by atoms with E-state index in [1.54, 1.807) is 0 Å². The molecular weight excluding hydrogens is 635 g/mol. The first-order valence-corrected chi connectivity index (χ1v) is 18.1. The van der Waals surface area contributed by atoms with Crippen molar-refractivity contribution < 1.29 is 8.83 Å². The molecule has 0 amide bonds. The smallest absolute Gasteiger partial charge is 0.252 e. The molecule has 0 bridgehead atoms. The topological polar surface area (TPSA) is 32.8 Å². The Kier molecular flexibility index (Phi) is 5.92. The van der Waals surface area contributed by atoms with Gasteiger partial charge >= 0.3 is 0 Å². The van der Waals surface area contributed by atoms with E-state index in [1.807, 2.05) is 0 Å². The number of fused-ring (bicyclic) bond motifs is 10. The zero-order chi connectivity index (χ0) is 35.0. The van der Waals surface area contributed by atoms with Crippen LogP contribution in [0.4, 0.5) is 34.1 Å². The van der Waals surface area contributed by atoms with Gasteiger partial charge in [-0.1, -0.05) is 58.7 Å². The van der Waals surface area contributed by atoms with Crippen LogP contribution in [0.5, 0.6) is 0 Å². The molecule has 2 aliphatic heterocycles. The summed E-state index contributed by atoms with van der Waals surface area (Å²) in [6.45, 7) is 10.8. The second kappa shape index (κ2) is 10.4. The number of rotatable bonds is 2. The van der Waals surface area contributed by atoms with Crippen molar-refractivity contribution >= 4 is 101 Å². The van der Waals surface area contributed by atoms with E-state index in [-0.39, 0.29) is 6.71 Å². The Balaban J connectivity index is 1.29. The van der Waals surface area contributed by atoms with Crippen LogP contribution in [0, 0.1) is 34.6 Å². The van der Waals surface area contributed by atoms with Gasteiger partial charge in [0.15, 0.2) is 0 Å². The molecule has 9 aromatic rings. The highest BCUT2D eigenvalue weighted by Crippen LogP contribution is 2.47. The van der Waals surface area contributed by atoms with Gasteiger partial charge in [-0.25, -0.2) is 0 Å². The number of anilines is 6. The Morgan fingerprint density at radius 3 is 1.21 bits per heavy atom. The lowest BCUT2D eigenvalue weighted by atomic mass is 9.33. The van der Waals surface area contributed by atoms with Crippen molar-refractivity contribution in [2.45, 2.75) is 34.6 Å². The van der Waals surface area contributed by atoms with Crippen LogP contribution in [-0.4, -0.2) is 6.71 Å². The average molecular weight is 671 g/mol. The lowest BCUT2D eigenvalue weighted by Gasteiger charge is -2.44. The number of benzene rings is 7. The Morgan fingerprint density at radius 2 is 0.769 bits per heavy atom. The molecule has 0 saturated heterocycles. The first-order valence-electron chi connectivity index (χ1n) is 18.1. The summed E-state index contributed by atoms with van der Waals surface area (Å²) in [6, 6.07) is 45.0. The Bertz CT molecular complexity index is 2770. The summed E-state index contributed by atoms with van der Waals surface area (Å²) in [5, 5.41) is 4.55. The van der Waals surface area contributed by atoms with Crippen molar-refractivity contribution in [1.82, 2.24) is 0 Å². The molecule has 0 saturated carbocycles. The maximum Gasteiger partial charge on any atom is 0.252 e. The summed E-state index contributed by atoms with van der Waals surface area (Å²) in [6.07, 6.45) is 0. The van der Waals surface area contributed by atoms with Gasteiger partial charge in [0.2, 0.25) is 0 Å². The van der Waals surface area contributed by atoms with Gasteiger partial charge in [0.05, 0.1) is 0 Å². The minimum atomic E-state index is -0.0577. The predicted molar refractivity (Wildman–Crippen MR) is 219 cm³/mol. The molecule has 52 heavy (non-hydrogen) atoms. The van der Waals surface area contributed by atoms with Crippen LogP contribution < -0.4 is 26.2 Å². The first-order chi connectivity index (χ1) is 25.3. The maximum absolute atomic E-state index is 6.64. The molecule has 0 atom stereocenters. The quantitative estimate of drug-likeness (QED) is 0.171. The molecule has 2 aliphatic rings. The minimum absolute atomic E-state index is 0.0577. The van der Waals surface area contributed by atoms with Crippen molar-refractivity contribution in [3.05, 3.63) is 149 Å². The zero-order valence-corrected chi connectivity index (χ0v) is 29.8. The van der Waals surface area contributed by atoms with E-state index < -0.39 is 0 Å². The fourth-order valence-electron chi connectivity index (χ4n) is 8.84. The van der Waals surface area contributed by atoms with Crippen LogP contribution in [0.25, 0.3) is 43.9 Å². The second-order valence-corrected chi connectivity index (χ2v) is 15.0. The molecule has 2 aromatic heterocycles. The van der Waals surface area contributed by atoms with E-state index in [2.05, 4.69) is 166 Å². The third kappa shape index (κ3) is 4.11. The van der Waals surface area contributed by atoms with Gasteiger partial charge in [0.25, 0.3) is 6.71 Å². The van der Waals surface area contributed by atoms with Gasteiger partial charge in [-0.15, -0.1) is 0 Å². The van der Waals surface area contributed by atoms with Gasteiger partial charge in [-0.2, -0.15) is 0 Å². The molecule has 248 valence electrons. The summed E-state index contributed by atoms with van der Waals surface area (Å²) in [5.41, 5.74) is 20.5. The van der Waals surface area contributed by atoms with Crippen LogP contribution in [0.1, 0.15) is 27.8 Å². The normalized spacial score (nSPS) is 13.4. The summed E-state index contributed by atoms with van der Waals surface area (Å²) >= 11 is 0. The molecule has 0 spiro atoms. The average Bonchev–Trinajstić information content (AvgIpc) is 3.67. The lowest BCUT2D eigenvalue weighted by molar-refractivity contribution is 0.669. The molecule has 0 aliphatic carbocycles. The maximum atomic E-state index is 6.64. The van der Waals surface area contributed by atoms with Gasteiger partial charge in [0, 0.05) is 55.7 Å². The van der Waals surface area contributed by atoms with Crippen LogP contribution in [0.3, 0.4) is 0 Å². The van der Waals surface area contributed by atoms with Gasteiger partial charge < -0.3 is 18.6 Å². The molecule has 5 heteroatoms. The highest BCUT2D eigenvalue weighted by molar-refractivity contribution is 7.00.